The average Bonchev–Trinajstić information content (AvgIpc) is 1.87. The van der Waals surface area contributed by atoms with Crippen LogP contribution < -0.4 is 0 Å². The van der Waals surface area contributed by atoms with Crippen molar-refractivity contribution in [3.8, 4) is 0 Å². The molecule has 0 N–H and O–H groups in total. The van der Waals surface area contributed by atoms with Gasteiger partial charge in [0.25, 0.3) is 0 Å². The van der Waals surface area contributed by atoms with E-state index >= 15 is 0 Å². The van der Waals surface area contributed by atoms with Crippen LogP contribution in [0.5, 0.6) is 0 Å². The Morgan fingerprint density at radius 2 is 2.00 bits per heavy atom. The molecule has 1 atom stereocenters. The minimum Gasteiger partial charge on any atom is -0.0817 e. The molecule has 0 saturated heterocycles. The predicted octanol–water partition coefficient (Wildman–Crippen LogP) is 3.55. The van der Waals surface area contributed by atoms with Crippen molar-refractivity contribution in [3.63, 3.8) is 0 Å². The molecule has 0 aromatic carbocycles. The fourth-order valence-electron chi connectivity index (χ4n) is 0.574. The SMILES string of the molecule is CC[C@@H](C)/C=C/C=C(C)C. The molecule has 0 aromatic rings. The van der Waals surface area contributed by atoms with Gasteiger partial charge in [0.15, 0.2) is 0 Å². The fourth-order valence-corrected chi connectivity index (χ4v) is 0.574. The Kier molecular flexibility index (Phi) is 5.00. The largest absolute Gasteiger partial charge is 0.0817 e. The van der Waals surface area contributed by atoms with Crippen molar-refractivity contribution >= 4 is 0 Å². The second-order valence-electron chi connectivity index (χ2n) is 3.01. The first kappa shape index (κ1) is 9.48. The molecule has 0 bridgehead atoms. The third-order valence-electron chi connectivity index (χ3n) is 1.51. The van der Waals surface area contributed by atoms with Gasteiger partial charge in [-0.25, -0.2) is 0 Å². The Balaban J connectivity index is 3.66. The summed E-state index contributed by atoms with van der Waals surface area (Å²) in [5, 5.41) is 0. The molecule has 58 valence electrons. The molecule has 0 aromatic heterocycles. The molecule has 0 aliphatic rings. The molecule has 0 amide bonds. The summed E-state index contributed by atoms with van der Waals surface area (Å²) in [6.45, 7) is 8.66. The lowest BCUT2D eigenvalue weighted by Gasteiger charge is -1.96. The van der Waals surface area contributed by atoms with Crippen LogP contribution in [0.3, 0.4) is 0 Å². The molecule has 0 saturated carbocycles. The molecule has 0 aliphatic carbocycles. The Hall–Kier alpha value is -0.520. The third-order valence-corrected chi connectivity index (χ3v) is 1.51. The molecule has 0 unspecified atom stereocenters. The van der Waals surface area contributed by atoms with Gasteiger partial charge in [-0.15, -0.1) is 0 Å². The minimum absolute atomic E-state index is 0.718. The molecule has 10 heavy (non-hydrogen) atoms. The minimum atomic E-state index is 0.718. The lowest BCUT2D eigenvalue weighted by Crippen LogP contribution is -1.82. The van der Waals surface area contributed by atoms with Crippen LogP contribution in [0, 0.1) is 5.92 Å². The zero-order chi connectivity index (χ0) is 7.98. The molecule has 0 radical (unpaired) electrons. The fraction of sp³-hybridized carbons (Fsp3) is 0.600. The van der Waals surface area contributed by atoms with Crippen molar-refractivity contribution in [2.24, 2.45) is 5.92 Å². The van der Waals surface area contributed by atoms with E-state index in [2.05, 4.69) is 45.9 Å². The molecular formula is C10H18. The van der Waals surface area contributed by atoms with Crippen molar-refractivity contribution in [3.05, 3.63) is 23.8 Å². The first-order valence-electron chi connectivity index (χ1n) is 3.98. The second-order valence-corrected chi connectivity index (χ2v) is 3.01. The number of hydrogen-bond donors (Lipinski definition) is 0. The highest BCUT2D eigenvalue weighted by Gasteiger charge is 1.87. The summed E-state index contributed by atoms with van der Waals surface area (Å²) in [7, 11) is 0. The van der Waals surface area contributed by atoms with Crippen LogP contribution in [-0.4, -0.2) is 0 Å². The molecule has 0 rings (SSSR count). The van der Waals surface area contributed by atoms with Gasteiger partial charge in [0.2, 0.25) is 0 Å². The van der Waals surface area contributed by atoms with Crippen LogP contribution in [-0.2, 0) is 0 Å². The van der Waals surface area contributed by atoms with E-state index in [1.807, 2.05) is 0 Å². The highest BCUT2D eigenvalue weighted by molar-refractivity contribution is 5.08. The lowest BCUT2D eigenvalue weighted by atomic mass is 10.1. The summed E-state index contributed by atoms with van der Waals surface area (Å²) in [6, 6.07) is 0. The summed E-state index contributed by atoms with van der Waals surface area (Å²) in [5.74, 6) is 0.718. The number of rotatable bonds is 3. The van der Waals surface area contributed by atoms with Crippen molar-refractivity contribution in [2.45, 2.75) is 34.1 Å². The maximum atomic E-state index is 2.24. The molecular weight excluding hydrogens is 120 g/mol. The van der Waals surface area contributed by atoms with Crippen LogP contribution in [0.2, 0.25) is 0 Å². The highest BCUT2D eigenvalue weighted by Crippen LogP contribution is 2.02. The van der Waals surface area contributed by atoms with E-state index in [1.54, 1.807) is 0 Å². The normalized spacial score (nSPS) is 13.6. The lowest BCUT2D eigenvalue weighted by molar-refractivity contribution is 0.698. The number of hydrogen-bond acceptors (Lipinski definition) is 0. The third kappa shape index (κ3) is 5.61. The number of allylic oxidation sites excluding steroid dienone is 4. The van der Waals surface area contributed by atoms with E-state index in [4.69, 9.17) is 0 Å². The zero-order valence-electron chi connectivity index (χ0n) is 7.52. The maximum Gasteiger partial charge on any atom is -0.0261 e. The topological polar surface area (TPSA) is 0 Å². The van der Waals surface area contributed by atoms with Crippen molar-refractivity contribution < 1.29 is 0 Å². The van der Waals surface area contributed by atoms with Crippen molar-refractivity contribution in [1.82, 2.24) is 0 Å². The van der Waals surface area contributed by atoms with E-state index < -0.39 is 0 Å². The van der Waals surface area contributed by atoms with Gasteiger partial charge in [-0.1, -0.05) is 44.1 Å². The quantitative estimate of drug-likeness (QED) is 0.523. The van der Waals surface area contributed by atoms with Gasteiger partial charge in [0.1, 0.15) is 0 Å². The van der Waals surface area contributed by atoms with E-state index in [0.717, 1.165) is 5.92 Å². The van der Waals surface area contributed by atoms with Crippen LogP contribution in [0.4, 0.5) is 0 Å². The predicted molar refractivity (Wildman–Crippen MR) is 48.0 cm³/mol. The van der Waals surface area contributed by atoms with Crippen LogP contribution in [0.15, 0.2) is 23.8 Å². The van der Waals surface area contributed by atoms with E-state index in [0.29, 0.717) is 0 Å². The van der Waals surface area contributed by atoms with Crippen LogP contribution in [0.25, 0.3) is 0 Å². The molecule has 0 aliphatic heterocycles. The van der Waals surface area contributed by atoms with Crippen LogP contribution >= 0.6 is 0 Å². The smallest absolute Gasteiger partial charge is 0.0261 e. The summed E-state index contributed by atoms with van der Waals surface area (Å²) >= 11 is 0. The van der Waals surface area contributed by atoms with Gasteiger partial charge in [0.05, 0.1) is 0 Å². The first-order chi connectivity index (χ1) is 4.66. The summed E-state index contributed by atoms with van der Waals surface area (Å²) in [6.07, 6.45) is 7.76. The highest BCUT2D eigenvalue weighted by atomic mass is 13.9. The molecule has 0 nitrogen and oxygen atoms in total. The van der Waals surface area contributed by atoms with Crippen LogP contribution in [0.1, 0.15) is 34.1 Å². The standard InChI is InChI=1S/C10H18/c1-5-10(4)8-6-7-9(2)3/h6-8,10H,5H2,1-4H3/b8-6+/t10-/m1/s1. The average molecular weight is 138 g/mol. The van der Waals surface area contributed by atoms with Gasteiger partial charge >= 0.3 is 0 Å². The Labute approximate surface area is 64.6 Å². The monoisotopic (exact) mass is 138 g/mol. The Bertz CT molecular complexity index is 125. The second kappa shape index (κ2) is 5.28. The Morgan fingerprint density at radius 3 is 2.40 bits per heavy atom. The molecule has 0 heteroatoms. The van der Waals surface area contributed by atoms with Gasteiger partial charge in [-0.3, -0.25) is 0 Å². The van der Waals surface area contributed by atoms with Gasteiger partial charge < -0.3 is 0 Å². The van der Waals surface area contributed by atoms with E-state index in [-0.39, 0.29) is 0 Å². The summed E-state index contributed by atoms with van der Waals surface area (Å²) < 4.78 is 0. The summed E-state index contributed by atoms with van der Waals surface area (Å²) in [5.41, 5.74) is 1.36. The summed E-state index contributed by atoms with van der Waals surface area (Å²) in [4.78, 5) is 0. The Morgan fingerprint density at radius 1 is 1.40 bits per heavy atom. The van der Waals surface area contributed by atoms with E-state index in [1.165, 1.54) is 12.0 Å². The molecule has 0 fully saturated rings. The maximum absolute atomic E-state index is 2.24. The molecule has 0 heterocycles. The molecule has 0 spiro atoms. The van der Waals surface area contributed by atoms with E-state index in [9.17, 15) is 0 Å². The van der Waals surface area contributed by atoms with Gasteiger partial charge in [-0.05, 0) is 19.8 Å². The zero-order valence-corrected chi connectivity index (χ0v) is 7.52. The van der Waals surface area contributed by atoms with Gasteiger partial charge in [0, 0.05) is 0 Å². The van der Waals surface area contributed by atoms with Crippen molar-refractivity contribution in [2.75, 3.05) is 0 Å². The van der Waals surface area contributed by atoms with Gasteiger partial charge in [-0.2, -0.15) is 0 Å². The van der Waals surface area contributed by atoms with Crippen molar-refractivity contribution in [1.29, 1.82) is 0 Å². The first-order valence-corrected chi connectivity index (χ1v) is 3.98.